The van der Waals surface area contributed by atoms with E-state index in [0.717, 1.165) is 59.5 Å². The molecular formula is C19H20ClN5. The summed E-state index contributed by atoms with van der Waals surface area (Å²) < 4.78 is 2.10. The second kappa shape index (κ2) is 6.58. The molecule has 128 valence electrons. The molecule has 4 heterocycles. The predicted molar refractivity (Wildman–Crippen MR) is 98.3 cm³/mol. The van der Waals surface area contributed by atoms with E-state index in [1.807, 2.05) is 31.3 Å². The molecule has 3 aromatic rings. The van der Waals surface area contributed by atoms with Crippen LogP contribution in [0.5, 0.6) is 0 Å². The Kier molecular flexibility index (Phi) is 4.27. The number of nitrogens with zero attached hydrogens (tertiary/aromatic N) is 5. The summed E-state index contributed by atoms with van der Waals surface area (Å²) in [6.45, 7) is 7.54. The fourth-order valence-electron chi connectivity index (χ4n) is 3.24. The van der Waals surface area contributed by atoms with Crippen LogP contribution in [0.25, 0.3) is 11.4 Å². The second-order valence-corrected chi connectivity index (χ2v) is 6.90. The van der Waals surface area contributed by atoms with Crippen molar-refractivity contribution in [2.45, 2.75) is 33.5 Å². The van der Waals surface area contributed by atoms with Crippen LogP contribution in [0.3, 0.4) is 0 Å². The van der Waals surface area contributed by atoms with E-state index in [4.69, 9.17) is 16.7 Å². The molecule has 0 spiro atoms. The summed E-state index contributed by atoms with van der Waals surface area (Å²) in [5.41, 5.74) is 6.22. The fourth-order valence-corrected chi connectivity index (χ4v) is 3.34. The lowest BCUT2D eigenvalue weighted by Crippen LogP contribution is -2.33. The number of hydrogen-bond donors (Lipinski definition) is 0. The molecule has 0 saturated heterocycles. The van der Waals surface area contributed by atoms with E-state index in [1.54, 1.807) is 0 Å². The highest BCUT2D eigenvalue weighted by molar-refractivity contribution is 6.31. The Morgan fingerprint density at radius 1 is 1.16 bits per heavy atom. The fraction of sp³-hybridized carbons (Fsp3) is 0.316. The summed E-state index contributed by atoms with van der Waals surface area (Å²) in [7, 11) is 0. The molecule has 1 aliphatic heterocycles. The molecule has 0 N–H and O–H groups in total. The van der Waals surface area contributed by atoms with Gasteiger partial charge in [-0.05, 0) is 43.7 Å². The third-order valence-electron chi connectivity index (χ3n) is 4.59. The molecule has 0 aromatic carbocycles. The van der Waals surface area contributed by atoms with Gasteiger partial charge in [0.05, 0.1) is 34.3 Å². The number of fused-ring (bicyclic) bond motifs is 1. The molecule has 0 atom stereocenters. The third kappa shape index (κ3) is 3.30. The minimum atomic E-state index is 0.718. The minimum absolute atomic E-state index is 0.718. The maximum Gasteiger partial charge on any atom is 0.111 e. The number of hydrogen-bond acceptors (Lipinski definition) is 4. The van der Waals surface area contributed by atoms with Crippen LogP contribution in [0.4, 0.5) is 0 Å². The van der Waals surface area contributed by atoms with Gasteiger partial charge in [0.15, 0.2) is 0 Å². The third-order valence-corrected chi connectivity index (χ3v) is 4.99. The summed E-state index contributed by atoms with van der Waals surface area (Å²) in [5, 5.41) is 5.46. The molecule has 0 saturated carbocycles. The summed E-state index contributed by atoms with van der Waals surface area (Å²) >= 11 is 6.07. The maximum absolute atomic E-state index is 6.07. The average molecular weight is 354 g/mol. The standard InChI is InChI=1S/C19H20ClN5/c1-13-4-3-7-21-19(13)18-10-16-12-24(8-9-25(16)23-18)11-15-5-6-17(20)14(2)22-15/h3-7,10H,8-9,11-12H2,1-2H3. The van der Waals surface area contributed by atoms with Crippen LogP contribution >= 0.6 is 11.6 Å². The lowest BCUT2D eigenvalue weighted by Gasteiger charge is -2.27. The van der Waals surface area contributed by atoms with Gasteiger partial charge in [-0.3, -0.25) is 19.5 Å². The van der Waals surface area contributed by atoms with Gasteiger partial charge >= 0.3 is 0 Å². The summed E-state index contributed by atoms with van der Waals surface area (Å²) in [5.74, 6) is 0. The highest BCUT2D eigenvalue weighted by atomic mass is 35.5. The van der Waals surface area contributed by atoms with Gasteiger partial charge < -0.3 is 0 Å². The zero-order valence-electron chi connectivity index (χ0n) is 14.4. The Labute approximate surface area is 152 Å². The Bertz CT molecular complexity index is 918. The van der Waals surface area contributed by atoms with Crippen LogP contribution in [0.2, 0.25) is 5.02 Å². The van der Waals surface area contributed by atoms with Gasteiger partial charge in [-0.2, -0.15) is 5.10 Å². The molecule has 5 nitrogen and oxygen atoms in total. The lowest BCUT2D eigenvalue weighted by atomic mass is 10.1. The number of aryl methyl sites for hydroxylation is 2. The van der Waals surface area contributed by atoms with Crippen LogP contribution in [0, 0.1) is 13.8 Å². The molecule has 0 radical (unpaired) electrons. The maximum atomic E-state index is 6.07. The van der Waals surface area contributed by atoms with Gasteiger partial charge in [-0.25, -0.2) is 0 Å². The van der Waals surface area contributed by atoms with Crippen molar-refractivity contribution in [2.24, 2.45) is 0 Å². The van der Waals surface area contributed by atoms with Crippen LogP contribution in [0.1, 0.15) is 22.6 Å². The Morgan fingerprint density at radius 2 is 2.04 bits per heavy atom. The van der Waals surface area contributed by atoms with Gasteiger partial charge in [-0.15, -0.1) is 0 Å². The topological polar surface area (TPSA) is 46.8 Å². The summed E-state index contributed by atoms with van der Waals surface area (Å²) in [4.78, 5) is 11.5. The van der Waals surface area contributed by atoms with Gasteiger partial charge in [0.2, 0.25) is 0 Å². The molecule has 3 aromatic heterocycles. The van der Waals surface area contributed by atoms with Gasteiger partial charge in [0.25, 0.3) is 0 Å². The largest absolute Gasteiger partial charge is 0.290 e. The number of halogens is 1. The summed E-state index contributed by atoms with van der Waals surface area (Å²) in [6, 6.07) is 10.1. The molecule has 0 amide bonds. The first-order chi connectivity index (χ1) is 12.1. The Hall–Kier alpha value is -2.24. The Morgan fingerprint density at radius 3 is 2.84 bits per heavy atom. The zero-order chi connectivity index (χ0) is 17.4. The minimum Gasteiger partial charge on any atom is -0.290 e. The average Bonchev–Trinajstić information content (AvgIpc) is 3.01. The first-order valence-electron chi connectivity index (χ1n) is 8.43. The number of pyridine rings is 2. The smallest absolute Gasteiger partial charge is 0.111 e. The monoisotopic (exact) mass is 353 g/mol. The van der Waals surface area contributed by atoms with E-state index in [2.05, 4.69) is 38.6 Å². The molecule has 0 aliphatic carbocycles. The molecule has 0 unspecified atom stereocenters. The van der Waals surface area contributed by atoms with Gasteiger partial charge in [0.1, 0.15) is 5.69 Å². The van der Waals surface area contributed by atoms with Crippen LogP contribution in [0.15, 0.2) is 36.5 Å². The van der Waals surface area contributed by atoms with Crippen molar-refractivity contribution in [3.63, 3.8) is 0 Å². The van der Waals surface area contributed by atoms with E-state index in [1.165, 1.54) is 5.69 Å². The highest BCUT2D eigenvalue weighted by Crippen LogP contribution is 2.24. The van der Waals surface area contributed by atoms with E-state index in [9.17, 15) is 0 Å². The van der Waals surface area contributed by atoms with Crippen molar-refractivity contribution in [3.05, 3.63) is 64.2 Å². The van der Waals surface area contributed by atoms with Crippen LogP contribution in [-0.2, 0) is 19.6 Å². The molecule has 0 fully saturated rings. The molecule has 4 rings (SSSR count). The van der Waals surface area contributed by atoms with E-state index < -0.39 is 0 Å². The van der Waals surface area contributed by atoms with Crippen molar-refractivity contribution in [2.75, 3.05) is 6.54 Å². The second-order valence-electron chi connectivity index (χ2n) is 6.49. The SMILES string of the molecule is Cc1cccnc1-c1cc2n(n1)CCN(Cc1ccc(Cl)c(C)n1)C2. The molecule has 1 aliphatic rings. The molecule has 6 heteroatoms. The van der Waals surface area contributed by atoms with Crippen molar-refractivity contribution >= 4 is 11.6 Å². The molecule has 0 bridgehead atoms. The quantitative estimate of drug-likeness (QED) is 0.721. The lowest BCUT2D eigenvalue weighted by molar-refractivity contribution is 0.203. The zero-order valence-corrected chi connectivity index (χ0v) is 15.2. The van der Waals surface area contributed by atoms with E-state index in [0.29, 0.717) is 0 Å². The van der Waals surface area contributed by atoms with Crippen molar-refractivity contribution < 1.29 is 0 Å². The molecular weight excluding hydrogens is 334 g/mol. The Balaban J connectivity index is 1.53. The van der Waals surface area contributed by atoms with Crippen molar-refractivity contribution in [1.29, 1.82) is 0 Å². The van der Waals surface area contributed by atoms with Crippen LogP contribution in [-0.4, -0.2) is 31.2 Å². The normalized spacial score (nSPS) is 14.5. The highest BCUT2D eigenvalue weighted by Gasteiger charge is 2.20. The first-order valence-corrected chi connectivity index (χ1v) is 8.81. The molecule has 25 heavy (non-hydrogen) atoms. The predicted octanol–water partition coefficient (Wildman–Crippen LogP) is 3.63. The number of rotatable bonds is 3. The van der Waals surface area contributed by atoms with Crippen LogP contribution < -0.4 is 0 Å². The van der Waals surface area contributed by atoms with E-state index in [-0.39, 0.29) is 0 Å². The first kappa shape index (κ1) is 16.2. The number of aromatic nitrogens is 4. The van der Waals surface area contributed by atoms with Crippen molar-refractivity contribution in [1.82, 2.24) is 24.6 Å². The van der Waals surface area contributed by atoms with E-state index >= 15 is 0 Å². The van der Waals surface area contributed by atoms with Gasteiger partial charge in [-0.1, -0.05) is 17.7 Å². The summed E-state index contributed by atoms with van der Waals surface area (Å²) in [6.07, 6.45) is 1.82. The van der Waals surface area contributed by atoms with Gasteiger partial charge in [0, 0.05) is 25.8 Å². The van der Waals surface area contributed by atoms with Crippen molar-refractivity contribution in [3.8, 4) is 11.4 Å².